The van der Waals surface area contributed by atoms with Gasteiger partial charge < -0.3 is 14.6 Å². The Balaban J connectivity index is 1.74. The maximum atomic E-state index is 12.6. The Morgan fingerprint density at radius 2 is 1.84 bits per heavy atom. The molecular weight excluding hydrogens is 414 g/mol. The van der Waals surface area contributed by atoms with Crippen LogP contribution in [-0.2, 0) is 0 Å². The van der Waals surface area contributed by atoms with Gasteiger partial charge in [0, 0.05) is 22.9 Å². The van der Waals surface area contributed by atoms with Crippen LogP contribution in [-0.4, -0.2) is 23.9 Å². The van der Waals surface area contributed by atoms with E-state index in [9.17, 15) is 9.90 Å². The van der Waals surface area contributed by atoms with Crippen LogP contribution in [0.15, 0.2) is 65.7 Å². The van der Waals surface area contributed by atoms with Crippen LogP contribution < -0.4 is 9.47 Å². The van der Waals surface area contributed by atoms with Crippen LogP contribution >= 0.6 is 11.6 Å². The third-order valence-electron chi connectivity index (χ3n) is 4.66. The Labute approximate surface area is 186 Å². The second kappa shape index (κ2) is 10.6. The fourth-order valence-electron chi connectivity index (χ4n) is 2.84. The van der Waals surface area contributed by atoms with E-state index in [4.69, 9.17) is 21.1 Å². The Bertz CT molecular complexity index is 1080. The summed E-state index contributed by atoms with van der Waals surface area (Å²) in [4.78, 5) is 17.0. The molecule has 6 heteroatoms. The molecule has 0 atom stereocenters. The number of phenolic OH excluding ortho intramolecular Hbond substituents is 1. The Hall–Kier alpha value is -3.31. The van der Waals surface area contributed by atoms with Crippen LogP contribution in [0.2, 0.25) is 5.02 Å². The molecule has 0 radical (unpaired) electrons. The highest BCUT2D eigenvalue weighted by Crippen LogP contribution is 2.26. The predicted octanol–water partition coefficient (Wildman–Crippen LogP) is 6.50. The third kappa shape index (κ3) is 6.09. The summed E-state index contributed by atoms with van der Waals surface area (Å²) in [6.45, 7) is 4.51. The Kier molecular flexibility index (Phi) is 7.68. The highest BCUT2D eigenvalue weighted by atomic mass is 35.5. The molecule has 0 aliphatic heterocycles. The summed E-state index contributed by atoms with van der Waals surface area (Å²) in [6, 6.07) is 16.9. The quantitative estimate of drug-likeness (QED) is 0.189. The van der Waals surface area contributed by atoms with Gasteiger partial charge in [0.1, 0.15) is 17.2 Å². The fraction of sp³-hybridized carbons (Fsp3) is 0.200. The standard InChI is InChI=1S/C25H24ClNO4/c1-3-4-14-30-21-11-8-18(24(28)15-21)16-27-23-7-5-6-22(17(23)2)25(29)31-20-12-9-19(26)10-13-20/h5-13,15-16,28H,3-4,14H2,1-2H3. The number of aliphatic imine (C=N–C) groups is 1. The van der Waals surface area contributed by atoms with Crippen molar-refractivity contribution >= 4 is 29.5 Å². The molecule has 0 aromatic heterocycles. The van der Waals surface area contributed by atoms with Crippen LogP contribution in [0.4, 0.5) is 5.69 Å². The molecule has 0 spiro atoms. The molecule has 0 saturated heterocycles. The topological polar surface area (TPSA) is 68.1 Å². The summed E-state index contributed by atoms with van der Waals surface area (Å²) in [6.07, 6.45) is 3.56. The van der Waals surface area contributed by atoms with Crippen molar-refractivity contribution in [2.75, 3.05) is 6.61 Å². The van der Waals surface area contributed by atoms with Crippen molar-refractivity contribution in [3.63, 3.8) is 0 Å². The van der Waals surface area contributed by atoms with E-state index in [1.54, 1.807) is 73.8 Å². The smallest absolute Gasteiger partial charge is 0.343 e. The average Bonchev–Trinajstić information content (AvgIpc) is 2.76. The normalized spacial score (nSPS) is 10.9. The molecule has 3 aromatic rings. The van der Waals surface area contributed by atoms with Gasteiger partial charge in [-0.25, -0.2) is 4.79 Å². The minimum Gasteiger partial charge on any atom is -0.507 e. The van der Waals surface area contributed by atoms with Gasteiger partial charge in [0.25, 0.3) is 0 Å². The zero-order valence-electron chi connectivity index (χ0n) is 17.5. The number of ether oxygens (including phenoxy) is 2. The van der Waals surface area contributed by atoms with E-state index in [-0.39, 0.29) is 5.75 Å². The zero-order chi connectivity index (χ0) is 22.2. The first kappa shape index (κ1) is 22.4. The van der Waals surface area contributed by atoms with Crippen LogP contribution in [0, 0.1) is 6.92 Å². The highest BCUT2D eigenvalue weighted by molar-refractivity contribution is 6.30. The van der Waals surface area contributed by atoms with Gasteiger partial charge in [0.2, 0.25) is 0 Å². The Morgan fingerprint density at radius 3 is 2.55 bits per heavy atom. The first-order chi connectivity index (χ1) is 15.0. The summed E-state index contributed by atoms with van der Waals surface area (Å²) in [5, 5.41) is 10.8. The van der Waals surface area contributed by atoms with Crippen molar-refractivity contribution < 1.29 is 19.4 Å². The number of unbranched alkanes of at least 4 members (excludes halogenated alkanes) is 1. The van der Waals surface area contributed by atoms with E-state index in [1.807, 2.05) is 0 Å². The summed E-state index contributed by atoms with van der Waals surface area (Å²) >= 11 is 5.86. The van der Waals surface area contributed by atoms with Gasteiger partial charge in [-0.05, 0) is 67.4 Å². The van der Waals surface area contributed by atoms with Crippen LogP contribution in [0.1, 0.15) is 41.3 Å². The van der Waals surface area contributed by atoms with Crippen molar-refractivity contribution in [2.45, 2.75) is 26.7 Å². The number of nitrogens with zero attached hydrogens (tertiary/aromatic N) is 1. The fourth-order valence-corrected chi connectivity index (χ4v) is 2.97. The average molecular weight is 438 g/mol. The van der Waals surface area contributed by atoms with E-state index in [1.165, 1.54) is 0 Å². The maximum absolute atomic E-state index is 12.6. The highest BCUT2D eigenvalue weighted by Gasteiger charge is 2.14. The van der Waals surface area contributed by atoms with Gasteiger partial charge in [-0.3, -0.25) is 4.99 Å². The summed E-state index contributed by atoms with van der Waals surface area (Å²) in [5.41, 5.74) is 2.25. The third-order valence-corrected chi connectivity index (χ3v) is 4.91. The lowest BCUT2D eigenvalue weighted by Gasteiger charge is -2.09. The number of phenols is 1. The van der Waals surface area contributed by atoms with Gasteiger partial charge in [-0.2, -0.15) is 0 Å². The molecule has 5 nitrogen and oxygen atoms in total. The molecule has 0 aliphatic carbocycles. The second-order valence-corrected chi connectivity index (χ2v) is 7.41. The van der Waals surface area contributed by atoms with Crippen LogP contribution in [0.25, 0.3) is 0 Å². The van der Waals surface area contributed by atoms with E-state index >= 15 is 0 Å². The van der Waals surface area contributed by atoms with E-state index in [0.717, 1.165) is 12.8 Å². The van der Waals surface area contributed by atoms with Crippen LogP contribution in [0.3, 0.4) is 0 Å². The van der Waals surface area contributed by atoms with E-state index in [2.05, 4.69) is 11.9 Å². The molecule has 3 aromatic carbocycles. The molecule has 31 heavy (non-hydrogen) atoms. The van der Waals surface area contributed by atoms with Gasteiger partial charge in [0.05, 0.1) is 17.9 Å². The second-order valence-electron chi connectivity index (χ2n) is 6.97. The first-order valence-electron chi connectivity index (χ1n) is 10.0. The molecule has 0 aliphatic rings. The SMILES string of the molecule is CCCCOc1ccc(C=Nc2cccc(C(=O)Oc3ccc(Cl)cc3)c2C)c(O)c1. The Morgan fingerprint density at radius 1 is 1.10 bits per heavy atom. The molecule has 1 N–H and O–H groups in total. The molecular formula is C25H24ClNO4. The summed E-state index contributed by atoms with van der Waals surface area (Å²) in [5.74, 6) is 0.627. The molecule has 0 heterocycles. The number of hydrogen-bond donors (Lipinski definition) is 1. The predicted molar refractivity (Wildman–Crippen MR) is 123 cm³/mol. The van der Waals surface area contributed by atoms with Crippen molar-refractivity contribution in [3.8, 4) is 17.2 Å². The van der Waals surface area contributed by atoms with E-state index < -0.39 is 5.97 Å². The van der Waals surface area contributed by atoms with Gasteiger partial charge in [-0.1, -0.05) is 31.0 Å². The molecule has 0 amide bonds. The number of benzene rings is 3. The number of hydrogen-bond acceptors (Lipinski definition) is 5. The van der Waals surface area contributed by atoms with Gasteiger partial charge >= 0.3 is 5.97 Å². The summed E-state index contributed by atoms with van der Waals surface area (Å²) in [7, 11) is 0. The number of rotatable bonds is 8. The first-order valence-corrected chi connectivity index (χ1v) is 10.4. The number of halogens is 1. The summed E-state index contributed by atoms with van der Waals surface area (Å²) < 4.78 is 11.0. The molecule has 3 rings (SSSR count). The molecule has 160 valence electrons. The monoisotopic (exact) mass is 437 g/mol. The zero-order valence-corrected chi connectivity index (χ0v) is 18.2. The molecule has 0 bridgehead atoms. The van der Waals surface area contributed by atoms with Gasteiger partial charge in [0.15, 0.2) is 0 Å². The number of esters is 1. The lowest BCUT2D eigenvalue weighted by Crippen LogP contribution is -2.10. The minimum atomic E-state index is -0.478. The van der Waals surface area contributed by atoms with Crippen molar-refractivity contribution in [3.05, 3.63) is 82.4 Å². The lowest BCUT2D eigenvalue weighted by atomic mass is 10.1. The number of carbonyl (C=O) groups excluding carboxylic acids is 1. The van der Waals surface area contributed by atoms with E-state index in [0.29, 0.717) is 45.5 Å². The van der Waals surface area contributed by atoms with Crippen molar-refractivity contribution in [2.24, 2.45) is 4.99 Å². The van der Waals surface area contributed by atoms with Crippen molar-refractivity contribution in [1.29, 1.82) is 0 Å². The molecule has 0 saturated carbocycles. The minimum absolute atomic E-state index is 0.0775. The van der Waals surface area contributed by atoms with Gasteiger partial charge in [-0.15, -0.1) is 0 Å². The molecule has 0 unspecified atom stereocenters. The number of aromatic hydroxyl groups is 1. The largest absolute Gasteiger partial charge is 0.507 e. The van der Waals surface area contributed by atoms with Crippen molar-refractivity contribution in [1.82, 2.24) is 0 Å². The molecule has 0 fully saturated rings. The maximum Gasteiger partial charge on any atom is 0.343 e. The lowest BCUT2D eigenvalue weighted by molar-refractivity contribution is 0.0734. The number of carbonyl (C=O) groups is 1. The van der Waals surface area contributed by atoms with Crippen LogP contribution in [0.5, 0.6) is 17.2 Å².